The fourth-order valence-corrected chi connectivity index (χ4v) is 6.84. The molecule has 0 saturated heterocycles. The maximum absolute atomic E-state index is 5.44. The summed E-state index contributed by atoms with van der Waals surface area (Å²) in [7, 11) is 0. The van der Waals surface area contributed by atoms with Gasteiger partial charge < -0.3 is 0 Å². The van der Waals surface area contributed by atoms with E-state index in [0.717, 1.165) is 50.4 Å². The van der Waals surface area contributed by atoms with Crippen molar-refractivity contribution in [2.24, 2.45) is 0 Å². The van der Waals surface area contributed by atoms with Gasteiger partial charge in [-0.3, -0.25) is 0 Å². The molecule has 9 rings (SSSR count). The van der Waals surface area contributed by atoms with E-state index in [1.54, 1.807) is 0 Å². The Balaban J connectivity index is 1.37. The molecule has 0 radical (unpaired) electrons. The van der Waals surface area contributed by atoms with Crippen LogP contribution in [0.15, 0.2) is 170 Å². The van der Waals surface area contributed by atoms with Crippen molar-refractivity contribution in [3.05, 3.63) is 170 Å². The predicted octanol–water partition coefficient (Wildman–Crippen LogP) is 11.8. The highest BCUT2D eigenvalue weighted by Crippen LogP contribution is 2.41. The van der Waals surface area contributed by atoms with Crippen molar-refractivity contribution in [1.82, 2.24) is 9.97 Å². The third-order valence-corrected chi connectivity index (χ3v) is 9.04. The van der Waals surface area contributed by atoms with Crippen molar-refractivity contribution < 1.29 is 0 Å². The summed E-state index contributed by atoms with van der Waals surface area (Å²) in [4.78, 5) is 10.8. The van der Waals surface area contributed by atoms with Crippen LogP contribution in [-0.2, 0) is 0 Å². The van der Waals surface area contributed by atoms with Crippen molar-refractivity contribution in [2.75, 3.05) is 0 Å². The number of fused-ring (bicyclic) bond motifs is 5. The van der Waals surface area contributed by atoms with E-state index in [1.807, 2.05) is 6.07 Å². The van der Waals surface area contributed by atoms with Gasteiger partial charge in [0.25, 0.3) is 0 Å². The molecule has 0 N–H and O–H groups in total. The van der Waals surface area contributed by atoms with E-state index >= 15 is 0 Å². The lowest BCUT2D eigenvalue weighted by Crippen LogP contribution is -1.98. The van der Waals surface area contributed by atoms with Gasteiger partial charge >= 0.3 is 0 Å². The van der Waals surface area contributed by atoms with Crippen LogP contribution in [0.3, 0.4) is 0 Å². The molecule has 1 heterocycles. The largest absolute Gasteiger partial charge is 0.228 e. The Bertz CT molecular complexity index is 2580. The number of nitrogens with zero attached hydrogens (tertiary/aromatic N) is 2. The second kappa shape index (κ2) is 10.8. The summed E-state index contributed by atoms with van der Waals surface area (Å²) in [6.07, 6.45) is 0. The molecule has 0 amide bonds. The lowest BCUT2D eigenvalue weighted by molar-refractivity contribution is 1.19. The minimum absolute atomic E-state index is 0.725. The summed E-state index contributed by atoms with van der Waals surface area (Å²) in [5.41, 5.74) is 7.30. The van der Waals surface area contributed by atoms with E-state index in [9.17, 15) is 0 Å². The Morgan fingerprint density at radius 2 is 0.935 bits per heavy atom. The fourth-order valence-electron chi connectivity index (χ4n) is 6.84. The highest BCUT2D eigenvalue weighted by atomic mass is 14.9. The molecule has 0 unspecified atom stereocenters. The van der Waals surface area contributed by atoms with E-state index in [4.69, 9.17) is 9.97 Å². The fraction of sp³-hybridized carbons (Fsp3) is 0. The predicted molar refractivity (Wildman–Crippen MR) is 194 cm³/mol. The molecular formula is C44H28N2. The van der Waals surface area contributed by atoms with Crippen molar-refractivity contribution >= 4 is 43.1 Å². The third kappa shape index (κ3) is 4.43. The number of aromatic nitrogens is 2. The SMILES string of the molecule is c1ccc(-c2cc(-c3ccccc3-c3ccc4ccccc4c3)nc(-c3c4ccccc4cc4ccc5ccccc5c34)n2)cc1. The first-order chi connectivity index (χ1) is 22.8. The van der Waals surface area contributed by atoms with Crippen LogP contribution in [-0.4, -0.2) is 9.97 Å². The number of benzene rings is 8. The molecule has 0 spiro atoms. The first-order valence-corrected chi connectivity index (χ1v) is 15.7. The van der Waals surface area contributed by atoms with Gasteiger partial charge in [0.05, 0.1) is 11.4 Å². The van der Waals surface area contributed by atoms with Crippen LogP contribution in [0.1, 0.15) is 0 Å². The Kier molecular flexibility index (Phi) is 6.17. The Hall–Kier alpha value is -6.12. The zero-order valence-corrected chi connectivity index (χ0v) is 25.1. The normalized spacial score (nSPS) is 11.5. The summed E-state index contributed by atoms with van der Waals surface area (Å²) in [5.74, 6) is 0.725. The van der Waals surface area contributed by atoms with Gasteiger partial charge in [0.2, 0.25) is 0 Å². The molecule has 0 bridgehead atoms. The lowest BCUT2D eigenvalue weighted by atomic mass is 9.91. The minimum Gasteiger partial charge on any atom is -0.228 e. The highest BCUT2D eigenvalue weighted by molar-refractivity contribution is 6.21. The van der Waals surface area contributed by atoms with Crippen LogP contribution >= 0.6 is 0 Å². The minimum atomic E-state index is 0.725. The molecule has 0 atom stereocenters. The van der Waals surface area contributed by atoms with Crippen molar-refractivity contribution in [3.63, 3.8) is 0 Å². The second-order valence-electron chi connectivity index (χ2n) is 11.8. The topological polar surface area (TPSA) is 25.8 Å². The van der Waals surface area contributed by atoms with Gasteiger partial charge in [-0.1, -0.05) is 152 Å². The first kappa shape index (κ1) is 26.3. The van der Waals surface area contributed by atoms with E-state index in [2.05, 4.69) is 164 Å². The zero-order chi connectivity index (χ0) is 30.5. The summed E-state index contributed by atoms with van der Waals surface area (Å²) >= 11 is 0. The van der Waals surface area contributed by atoms with E-state index in [1.165, 1.54) is 37.7 Å². The van der Waals surface area contributed by atoms with Gasteiger partial charge in [0.1, 0.15) is 0 Å². The number of rotatable bonds is 4. The molecular weight excluding hydrogens is 556 g/mol. The molecule has 2 heteroatoms. The molecule has 0 aliphatic heterocycles. The van der Waals surface area contributed by atoms with Crippen molar-refractivity contribution in [3.8, 4) is 45.0 Å². The molecule has 9 aromatic rings. The standard InChI is InChI=1S/C44H28N2/c1-2-14-31(15-3-1)40-28-41(39-21-11-10-18-36(39)34-24-22-29-12-4-5-16-32(29)26-34)46-44(45-40)43-38-20-9-7-17-33(38)27-35-25-23-30-13-6-8-19-37(30)42(35)43/h1-28H. The third-order valence-electron chi connectivity index (χ3n) is 9.04. The monoisotopic (exact) mass is 584 g/mol. The summed E-state index contributed by atoms with van der Waals surface area (Å²) in [6, 6.07) is 60.3. The number of hydrogen-bond acceptors (Lipinski definition) is 2. The van der Waals surface area contributed by atoms with Gasteiger partial charge in [0.15, 0.2) is 5.82 Å². The summed E-state index contributed by atoms with van der Waals surface area (Å²) in [5, 5.41) is 9.53. The van der Waals surface area contributed by atoms with E-state index < -0.39 is 0 Å². The van der Waals surface area contributed by atoms with Crippen LogP contribution in [0, 0.1) is 0 Å². The van der Waals surface area contributed by atoms with Crippen LogP contribution in [0.5, 0.6) is 0 Å². The van der Waals surface area contributed by atoms with Gasteiger partial charge in [-0.2, -0.15) is 0 Å². The van der Waals surface area contributed by atoms with Crippen LogP contribution in [0.2, 0.25) is 0 Å². The van der Waals surface area contributed by atoms with E-state index in [0.29, 0.717) is 0 Å². The molecule has 8 aromatic carbocycles. The van der Waals surface area contributed by atoms with Gasteiger partial charge in [-0.05, 0) is 67.0 Å². The quantitative estimate of drug-likeness (QED) is 0.152. The maximum atomic E-state index is 5.44. The maximum Gasteiger partial charge on any atom is 0.161 e. The highest BCUT2D eigenvalue weighted by Gasteiger charge is 2.19. The average molecular weight is 585 g/mol. The smallest absolute Gasteiger partial charge is 0.161 e. The van der Waals surface area contributed by atoms with Crippen LogP contribution < -0.4 is 0 Å². The lowest BCUT2D eigenvalue weighted by Gasteiger charge is -2.16. The Morgan fingerprint density at radius 1 is 0.326 bits per heavy atom. The molecule has 2 nitrogen and oxygen atoms in total. The second-order valence-corrected chi connectivity index (χ2v) is 11.8. The van der Waals surface area contributed by atoms with Gasteiger partial charge in [0, 0.05) is 22.1 Å². The molecule has 46 heavy (non-hydrogen) atoms. The Morgan fingerprint density at radius 3 is 1.78 bits per heavy atom. The molecule has 0 aliphatic rings. The average Bonchev–Trinajstić information content (AvgIpc) is 3.13. The number of hydrogen-bond donors (Lipinski definition) is 0. The molecule has 0 saturated carbocycles. The van der Waals surface area contributed by atoms with Crippen molar-refractivity contribution in [1.29, 1.82) is 0 Å². The van der Waals surface area contributed by atoms with Crippen LogP contribution in [0.4, 0.5) is 0 Å². The van der Waals surface area contributed by atoms with Crippen molar-refractivity contribution in [2.45, 2.75) is 0 Å². The Labute approximate surface area is 267 Å². The molecule has 0 aliphatic carbocycles. The summed E-state index contributed by atoms with van der Waals surface area (Å²) < 4.78 is 0. The molecule has 214 valence electrons. The van der Waals surface area contributed by atoms with Crippen LogP contribution in [0.25, 0.3) is 88.1 Å². The molecule has 0 fully saturated rings. The first-order valence-electron chi connectivity index (χ1n) is 15.7. The summed E-state index contributed by atoms with van der Waals surface area (Å²) in [6.45, 7) is 0. The van der Waals surface area contributed by atoms with Gasteiger partial charge in [-0.15, -0.1) is 0 Å². The zero-order valence-electron chi connectivity index (χ0n) is 25.1. The van der Waals surface area contributed by atoms with Gasteiger partial charge in [-0.25, -0.2) is 9.97 Å². The van der Waals surface area contributed by atoms with E-state index in [-0.39, 0.29) is 0 Å². The molecule has 1 aromatic heterocycles.